The lowest BCUT2D eigenvalue weighted by molar-refractivity contribution is -0.136. The van der Waals surface area contributed by atoms with Crippen molar-refractivity contribution >= 4 is 5.97 Å². The van der Waals surface area contributed by atoms with Crippen LogP contribution in [0, 0.1) is 5.92 Å². The van der Waals surface area contributed by atoms with Crippen molar-refractivity contribution in [3.8, 4) is 16.9 Å². The molecule has 0 saturated heterocycles. The summed E-state index contributed by atoms with van der Waals surface area (Å²) >= 11 is 0. The van der Waals surface area contributed by atoms with Gasteiger partial charge in [0.1, 0.15) is 5.75 Å². The van der Waals surface area contributed by atoms with Crippen molar-refractivity contribution in [2.45, 2.75) is 26.7 Å². The molecule has 0 aromatic heterocycles. The Labute approximate surface area is 131 Å². The molecule has 0 unspecified atom stereocenters. The molecule has 0 heterocycles. The topological polar surface area (TPSA) is 46.5 Å². The summed E-state index contributed by atoms with van der Waals surface area (Å²) < 4.78 is 5.92. The first-order valence-corrected chi connectivity index (χ1v) is 7.59. The zero-order valence-corrected chi connectivity index (χ0v) is 13.1. The minimum atomic E-state index is -0.776. The third-order valence-electron chi connectivity index (χ3n) is 3.33. The van der Waals surface area contributed by atoms with Crippen LogP contribution in [-0.4, -0.2) is 17.7 Å². The fraction of sp³-hybridized carbons (Fsp3) is 0.316. The van der Waals surface area contributed by atoms with Gasteiger partial charge in [-0.3, -0.25) is 4.79 Å². The fourth-order valence-electron chi connectivity index (χ4n) is 2.21. The number of hydrogen-bond donors (Lipinski definition) is 1. The zero-order chi connectivity index (χ0) is 15.9. The lowest BCUT2D eigenvalue weighted by Crippen LogP contribution is -2.06. The van der Waals surface area contributed by atoms with Gasteiger partial charge in [-0.05, 0) is 35.6 Å². The molecule has 0 spiro atoms. The highest BCUT2D eigenvalue weighted by atomic mass is 16.5. The van der Waals surface area contributed by atoms with Gasteiger partial charge in [0, 0.05) is 12.0 Å². The van der Waals surface area contributed by atoms with E-state index in [0.717, 1.165) is 22.4 Å². The van der Waals surface area contributed by atoms with Gasteiger partial charge in [0.05, 0.1) is 6.61 Å². The number of aryl methyl sites for hydroxylation is 1. The molecule has 2 rings (SSSR count). The van der Waals surface area contributed by atoms with Crippen LogP contribution in [0.4, 0.5) is 0 Å². The van der Waals surface area contributed by atoms with Crippen LogP contribution in [0.1, 0.15) is 25.8 Å². The summed E-state index contributed by atoms with van der Waals surface area (Å²) in [5.74, 6) is 0.524. The standard InChI is InChI=1S/C19H22O3/c1-14(2)13-22-18-10-8-15(9-11-19(20)21)12-17(18)16-6-4-3-5-7-16/h3-8,10,12,14H,9,11,13H2,1-2H3,(H,20,21). The van der Waals surface area contributed by atoms with Gasteiger partial charge in [0.2, 0.25) is 0 Å². The van der Waals surface area contributed by atoms with E-state index in [-0.39, 0.29) is 6.42 Å². The van der Waals surface area contributed by atoms with Crippen LogP contribution in [-0.2, 0) is 11.2 Å². The summed E-state index contributed by atoms with van der Waals surface area (Å²) in [6, 6.07) is 16.0. The lowest BCUT2D eigenvalue weighted by atomic mass is 10.00. The minimum absolute atomic E-state index is 0.139. The van der Waals surface area contributed by atoms with E-state index in [1.54, 1.807) is 0 Å². The third kappa shape index (κ3) is 4.62. The molecule has 0 saturated carbocycles. The molecule has 3 nitrogen and oxygen atoms in total. The van der Waals surface area contributed by atoms with Crippen molar-refractivity contribution in [1.29, 1.82) is 0 Å². The second-order valence-electron chi connectivity index (χ2n) is 5.80. The Morgan fingerprint density at radius 3 is 2.50 bits per heavy atom. The minimum Gasteiger partial charge on any atom is -0.493 e. The van der Waals surface area contributed by atoms with E-state index in [9.17, 15) is 4.79 Å². The molecule has 0 aliphatic heterocycles. The average molecular weight is 298 g/mol. The molecular weight excluding hydrogens is 276 g/mol. The van der Waals surface area contributed by atoms with E-state index < -0.39 is 5.97 Å². The van der Waals surface area contributed by atoms with E-state index in [2.05, 4.69) is 13.8 Å². The van der Waals surface area contributed by atoms with Gasteiger partial charge in [0.25, 0.3) is 0 Å². The molecular formula is C19H22O3. The molecule has 116 valence electrons. The van der Waals surface area contributed by atoms with Gasteiger partial charge in [-0.1, -0.05) is 50.2 Å². The summed E-state index contributed by atoms with van der Waals surface area (Å²) in [5.41, 5.74) is 3.11. The van der Waals surface area contributed by atoms with E-state index in [4.69, 9.17) is 9.84 Å². The van der Waals surface area contributed by atoms with Gasteiger partial charge >= 0.3 is 5.97 Å². The van der Waals surface area contributed by atoms with Crippen LogP contribution in [0.2, 0.25) is 0 Å². The van der Waals surface area contributed by atoms with Crippen LogP contribution in [0.25, 0.3) is 11.1 Å². The number of rotatable bonds is 7. The van der Waals surface area contributed by atoms with E-state index in [1.165, 1.54) is 0 Å². The molecule has 1 N–H and O–H groups in total. The fourth-order valence-corrected chi connectivity index (χ4v) is 2.21. The Bertz CT molecular complexity index is 618. The smallest absolute Gasteiger partial charge is 0.303 e. The van der Waals surface area contributed by atoms with Gasteiger partial charge in [-0.2, -0.15) is 0 Å². The Morgan fingerprint density at radius 1 is 1.14 bits per heavy atom. The quantitative estimate of drug-likeness (QED) is 0.823. The monoisotopic (exact) mass is 298 g/mol. The van der Waals surface area contributed by atoms with Gasteiger partial charge < -0.3 is 9.84 Å². The number of benzene rings is 2. The Morgan fingerprint density at radius 2 is 1.86 bits per heavy atom. The van der Waals surface area contributed by atoms with E-state index in [0.29, 0.717) is 18.9 Å². The summed E-state index contributed by atoms with van der Waals surface area (Å²) in [4.78, 5) is 10.7. The molecule has 0 aliphatic carbocycles. The van der Waals surface area contributed by atoms with Crippen molar-refractivity contribution in [3.05, 3.63) is 54.1 Å². The molecule has 2 aromatic carbocycles. The molecule has 22 heavy (non-hydrogen) atoms. The molecule has 2 aromatic rings. The SMILES string of the molecule is CC(C)COc1ccc(CCC(=O)O)cc1-c1ccccc1. The maximum absolute atomic E-state index is 10.7. The molecule has 0 bridgehead atoms. The van der Waals surface area contributed by atoms with Gasteiger partial charge in [-0.25, -0.2) is 0 Å². The van der Waals surface area contributed by atoms with Crippen molar-refractivity contribution in [3.63, 3.8) is 0 Å². The van der Waals surface area contributed by atoms with Gasteiger partial charge in [-0.15, -0.1) is 0 Å². The van der Waals surface area contributed by atoms with Crippen LogP contribution in [0.15, 0.2) is 48.5 Å². The predicted molar refractivity (Wildman–Crippen MR) is 88.2 cm³/mol. The van der Waals surface area contributed by atoms with Crippen molar-refractivity contribution in [2.24, 2.45) is 5.92 Å². The first kappa shape index (κ1) is 16.1. The molecule has 3 heteroatoms. The molecule has 0 radical (unpaired) electrons. The Kier molecular flexibility index (Phi) is 5.59. The molecule has 0 aliphatic rings. The van der Waals surface area contributed by atoms with E-state index in [1.807, 2.05) is 48.5 Å². The summed E-state index contributed by atoms with van der Waals surface area (Å²) in [6.45, 7) is 4.89. The number of carbonyl (C=O) groups is 1. The van der Waals surface area contributed by atoms with Crippen LogP contribution in [0.3, 0.4) is 0 Å². The van der Waals surface area contributed by atoms with Crippen LogP contribution < -0.4 is 4.74 Å². The second kappa shape index (κ2) is 7.64. The first-order chi connectivity index (χ1) is 10.6. The summed E-state index contributed by atoms with van der Waals surface area (Å²) in [7, 11) is 0. The molecule has 0 amide bonds. The highest BCUT2D eigenvalue weighted by Crippen LogP contribution is 2.31. The third-order valence-corrected chi connectivity index (χ3v) is 3.33. The predicted octanol–water partition coefficient (Wildman–Crippen LogP) is 4.41. The molecule has 0 fully saturated rings. The largest absolute Gasteiger partial charge is 0.493 e. The summed E-state index contributed by atoms with van der Waals surface area (Å²) in [5, 5.41) is 8.84. The molecule has 0 atom stereocenters. The second-order valence-corrected chi connectivity index (χ2v) is 5.80. The maximum Gasteiger partial charge on any atom is 0.303 e. The lowest BCUT2D eigenvalue weighted by Gasteiger charge is -2.15. The number of carboxylic acid groups (broad SMARTS) is 1. The van der Waals surface area contributed by atoms with Crippen molar-refractivity contribution in [2.75, 3.05) is 6.61 Å². The first-order valence-electron chi connectivity index (χ1n) is 7.59. The number of aliphatic carboxylic acids is 1. The normalized spacial score (nSPS) is 10.7. The maximum atomic E-state index is 10.7. The van der Waals surface area contributed by atoms with Crippen LogP contribution >= 0.6 is 0 Å². The summed E-state index contributed by atoms with van der Waals surface area (Å²) in [6.07, 6.45) is 0.667. The number of ether oxygens (including phenoxy) is 1. The van der Waals surface area contributed by atoms with Gasteiger partial charge in [0.15, 0.2) is 0 Å². The van der Waals surface area contributed by atoms with Crippen molar-refractivity contribution in [1.82, 2.24) is 0 Å². The zero-order valence-electron chi connectivity index (χ0n) is 13.1. The number of carboxylic acids is 1. The number of hydrogen-bond acceptors (Lipinski definition) is 2. The van der Waals surface area contributed by atoms with E-state index >= 15 is 0 Å². The highest BCUT2D eigenvalue weighted by molar-refractivity contribution is 5.72. The Hall–Kier alpha value is -2.29. The Balaban J connectivity index is 2.30. The van der Waals surface area contributed by atoms with Crippen molar-refractivity contribution < 1.29 is 14.6 Å². The highest BCUT2D eigenvalue weighted by Gasteiger charge is 2.09. The average Bonchev–Trinajstić information content (AvgIpc) is 2.52. The van der Waals surface area contributed by atoms with Crippen LogP contribution in [0.5, 0.6) is 5.75 Å².